The monoisotopic (exact) mass is 252 g/mol. The molecule has 0 fully saturated rings. The summed E-state index contributed by atoms with van der Waals surface area (Å²) in [7, 11) is 0. The van der Waals surface area contributed by atoms with Crippen molar-refractivity contribution >= 4 is 5.91 Å². The molecule has 1 aromatic rings. The van der Waals surface area contributed by atoms with Crippen LogP contribution in [0.3, 0.4) is 0 Å². The molecule has 0 saturated carbocycles. The second kappa shape index (κ2) is 7.11. The van der Waals surface area contributed by atoms with Gasteiger partial charge in [0.2, 0.25) is 5.91 Å². The largest absolute Gasteiger partial charge is 0.353 e. The Labute approximate surface area is 108 Å². The van der Waals surface area contributed by atoms with Crippen LogP contribution in [-0.2, 0) is 11.2 Å². The molecule has 0 aliphatic carbocycles. The first-order valence-electron chi connectivity index (χ1n) is 6.24. The topological polar surface area (TPSA) is 41.1 Å². The lowest BCUT2D eigenvalue weighted by Crippen LogP contribution is -2.38. The van der Waals surface area contributed by atoms with Crippen molar-refractivity contribution < 1.29 is 9.18 Å². The van der Waals surface area contributed by atoms with E-state index in [0.29, 0.717) is 13.1 Å². The number of hydrogen-bond acceptors (Lipinski definition) is 2. The molecule has 0 heterocycles. The van der Waals surface area contributed by atoms with Crippen LogP contribution in [0, 0.1) is 12.7 Å². The number of carbonyl (C=O) groups is 1. The predicted octanol–water partition coefficient (Wildman–Crippen LogP) is 1.79. The van der Waals surface area contributed by atoms with Gasteiger partial charge >= 0.3 is 0 Å². The summed E-state index contributed by atoms with van der Waals surface area (Å²) in [5.41, 5.74) is 2.05. The van der Waals surface area contributed by atoms with Gasteiger partial charge in [-0.3, -0.25) is 4.79 Å². The zero-order valence-corrected chi connectivity index (χ0v) is 11.2. The van der Waals surface area contributed by atoms with Crippen molar-refractivity contribution in [2.45, 2.75) is 33.2 Å². The highest BCUT2D eigenvalue weighted by atomic mass is 19.1. The van der Waals surface area contributed by atoms with Gasteiger partial charge in [-0.05, 0) is 57.0 Å². The highest BCUT2D eigenvalue weighted by molar-refractivity contribution is 5.78. The SMILES string of the molecule is Cc1cc(F)ccc1CCNCC(=O)NC(C)C. The van der Waals surface area contributed by atoms with Crippen molar-refractivity contribution in [3.8, 4) is 0 Å². The maximum atomic E-state index is 12.9. The summed E-state index contributed by atoms with van der Waals surface area (Å²) in [6, 6.07) is 4.95. The van der Waals surface area contributed by atoms with Gasteiger partial charge in [0.1, 0.15) is 5.82 Å². The predicted molar refractivity (Wildman–Crippen MR) is 71.0 cm³/mol. The number of nitrogens with one attached hydrogen (secondary N) is 2. The first-order chi connectivity index (χ1) is 8.49. The van der Waals surface area contributed by atoms with Crippen LogP contribution < -0.4 is 10.6 Å². The zero-order valence-electron chi connectivity index (χ0n) is 11.2. The molecule has 0 radical (unpaired) electrons. The third-order valence-corrected chi connectivity index (χ3v) is 2.61. The first-order valence-corrected chi connectivity index (χ1v) is 6.24. The summed E-state index contributed by atoms with van der Waals surface area (Å²) >= 11 is 0. The molecular formula is C14H21FN2O. The standard InChI is InChI=1S/C14H21FN2O/c1-10(2)17-14(18)9-16-7-6-12-4-5-13(15)8-11(12)3/h4-5,8,10,16H,6-7,9H2,1-3H3,(H,17,18). The Bertz CT molecular complexity index is 405. The maximum Gasteiger partial charge on any atom is 0.234 e. The van der Waals surface area contributed by atoms with Gasteiger partial charge in [-0.15, -0.1) is 0 Å². The average molecular weight is 252 g/mol. The summed E-state index contributed by atoms with van der Waals surface area (Å²) in [4.78, 5) is 11.4. The van der Waals surface area contributed by atoms with Crippen LogP contribution in [0.1, 0.15) is 25.0 Å². The zero-order chi connectivity index (χ0) is 13.5. The van der Waals surface area contributed by atoms with Crippen LogP contribution in [0.15, 0.2) is 18.2 Å². The second-order valence-corrected chi connectivity index (χ2v) is 4.72. The molecule has 0 aliphatic rings. The minimum absolute atomic E-state index is 0.000767. The van der Waals surface area contributed by atoms with Crippen molar-refractivity contribution in [3.05, 3.63) is 35.1 Å². The third-order valence-electron chi connectivity index (χ3n) is 2.61. The lowest BCUT2D eigenvalue weighted by atomic mass is 10.1. The summed E-state index contributed by atoms with van der Waals surface area (Å²) in [5, 5.41) is 5.88. The van der Waals surface area contributed by atoms with Gasteiger partial charge in [0.25, 0.3) is 0 Å². The molecule has 0 spiro atoms. The molecule has 3 nitrogen and oxygen atoms in total. The molecule has 0 aliphatic heterocycles. The molecule has 2 N–H and O–H groups in total. The smallest absolute Gasteiger partial charge is 0.234 e. The van der Waals surface area contributed by atoms with Gasteiger partial charge in [0, 0.05) is 6.04 Å². The van der Waals surface area contributed by atoms with Gasteiger partial charge in [0.15, 0.2) is 0 Å². The highest BCUT2D eigenvalue weighted by Gasteiger charge is 2.03. The average Bonchev–Trinajstić information content (AvgIpc) is 2.25. The fraction of sp³-hybridized carbons (Fsp3) is 0.500. The maximum absolute atomic E-state index is 12.9. The van der Waals surface area contributed by atoms with Crippen LogP contribution in [0.2, 0.25) is 0 Å². The lowest BCUT2D eigenvalue weighted by molar-refractivity contribution is -0.120. The number of benzene rings is 1. The number of rotatable bonds is 6. The molecule has 1 amide bonds. The fourth-order valence-corrected chi connectivity index (χ4v) is 1.74. The van der Waals surface area contributed by atoms with Gasteiger partial charge in [-0.25, -0.2) is 4.39 Å². The van der Waals surface area contributed by atoms with Gasteiger partial charge in [-0.2, -0.15) is 0 Å². The lowest BCUT2D eigenvalue weighted by Gasteiger charge is -2.10. The van der Waals surface area contributed by atoms with Crippen LogP contribution in [-0.4, -0.2) is 25.0 Å². The Balaban J connectivity index is 2.27. The molecule has 0 bridgehead atoms. The molecule has 0 aromatic heterocycles. The molecule has 0 saturated heterocycles. The quantitative estimate of drug-likeness (QED) is 0.758. The fourth-order valence-electron chi connectivity index (χ4n) is 1.74. The molecule has 1 aromatic carbocycles. The van der Waals surface area contributed by atoms with E-state index in [0.717, 1.165) is 17.5 Å². The number of carbonyl (C=O) groups excluding carboxylic acids is 1. The summed E-state index contributed by atoms with van der Waals surface area (Å²) in [6.07, 6.45) is 0.793. The van der Waals surface area contributed by atoms with Crippen LogP contribution in [0.25, 0.3) is 0 Å². The highest BCUT2D eigenvalue weighted by Crippen LogP contribution is 2.10. The molecule has 1 rings (SSSR count). The molecule has 18 heavy (non-hydrogen) atoms. The van der Waals surface area contributed by atoms with Crippen molar-refractivity contribution in [2.24, 2.45) is 0 Å². The van der Waals surface area contributed by atoms with Crippen LogP contribution in [0.4, 0.5) is 4.39 Å². The van der Waals surface area contributed by atoms with Gasteiger partial charge < -0.3 is 10.6 Å². The molecule has 0 unspecified atom stereocenters. The van der Waals surface area contributed by atoms with Crippen molar-refractivity contribution in [1.82, 2.24) is 10.6 Å². The van der Waals surface area contributed by atoms with E-state index >= 15 is 0 Å². The van der Waals surface area contributed by atoms with E-state index in [9.17, 15) is 9.18 Å². The Morgan fingerprint density at radius 3 is 2.72 bits per heavy atom. The van der Waals surface area contributed by atoms with Crippen LogP contribution in [0.5, 0.6) is 0 Å². The van der Waals surface area contributed by atoms with E-state index in [1.807, 2.05) is 20.8 Å². The Kier molecular flexibility index (Phi) is 5.78. The van der Waals surface area contributed by atoms with E-state index < -0.39 is 0 Å². The second-order valence-electron chi connectivity index (χ2n) is 4.72. The minimum atomic E-state index is -0.208. The molecular weight excluding hydrogens is 231 g/mol. The van der Waals surface area contributed by atoms with Gasteiger partial charge in [-0.1, -0.05) is 6.07 Å². The van der Waals surface area contributed by atoms with Crippen molar-refractivity contribution in [3.63, 3.8) is 0 Å². The van der Waals surface area contributed by atoms with Crippen molar-refractivity contribution in [1.29, 1.82) is 0 Å². The Morgan fingerprint density at radius 2 is 2.11 bits per heavy atom. The van der Waals surface area contributed by atoms with E-state index in [4.69, 9.17) is 0 Å². The van der Waals surface area contributed by atoms with E-state index in [-0.39, 0.29) is 17.8 Å². The van der Waals surface area contributed by atoms with E-state index in [2.05, 4.69) is 10.6 Å². The molecule has 4 heteroatoms. The normalized spacial score (nSPS) is 10.7. The summed E-state index contributed by atoms with van der Waals surface area (Å²) in [5.74, 6) is -0.207. The van der Waals surface area contributed by atoms with Gasteiger partial charge in [0.05, 0.1) is 6.54 Å². The summed E-state index contributed by atoms with van der Waals surface area (Å²) in [6.45, 7) is 6.78. The first kappa shape index (κ1) is 14.6. The Hall–Kier alpha value is -1.42. The van der Waals surface area contributed by atoms with Crippen molar-refractivity contribution in [2.75, 3.05) is 13.1 Å². The summed E-state index contributed by atoms with van der Waals surface area (Å²) < 4.78 is 12.9. The number of hydrogen-bond donors (Lipinski definition) is 2. The Morgan fingerprint density at radius 1 is 1.39 bits per heavy atom. The minimum Gasteiger partial charge on any atom is -0.353 e. The number of amides is 1. The number of halogens is 1. The molecule has 0 atom stereocenters. The van der Waals surface area contributed by atoms with Crippen LogP contribution >= 0.6 is 0 Å². The molecule has 100 valence electrons. The van der Waals surface area contributed by atoms with E-state index in [1.165, 1.54) is 12.1 Å². The third kappa shape index (κ3) is 5.27. The van der Waals surface area contributed by atoms with E-state index in [1.54, 1.807) is 6.07 Å². The number of aryl methyl sites for hydroxylation is 1.